The van der Waals surface area contributed by atoms with Crippen molar-refractivity contribution in [3.05, 3.63) is 205 Å². The Morgan fingerprint density at radius 2 is 0.914 bits per heavy atom. The maximum Gasteiger partial charge on any atom is 0.151 e. The number of fused-ring (bicyclic) bond motifs is 3. The first-order valence-electron chi connectivity index (χ1n) is 19.8. The molecule has 4 nitrogen and oxygen atoms in total. The minimum atomic E-state index is 0.268. The van der Waals surface area contributed by atoms with Crippen LogP contribution in [0.25, 0.3) is 54.6 Å². The fraction of sp³-hybridized carbons (Fsp3) is 0.0370. The van der Waals surface area contributed by atoms with E-state index < -0.39 is 0 Å². The van der Waals surface area contributed by atoms with E-state index in [4.69, 9.17) is 4.74 Å². The zero-order valence-electron chi connectivity index (χ0n) is 31.9. The maximum atomic E-state index is 10.9. The third-order valence-electron chi connectivity index (χ3n) is 11.8. The van der Waals surface area contributed by atoms with Crippen LogP contribution >= 0.6 is 0 Å². The largest absolute Gasteiger partial charge is 0.507 e. The summed E-state index contributed by atoms with van der Waals surface area (Å²) in [6, 6.07) is 68.3. The summed E-state index contributed by atoms with van der Waals surface area (Å²) < 4.78 is 6.65. The first-order chi connectivity index (χ1) is 28.6. The lowest BCUT2D eigenvalue weighted by Crippen LogP contribution is -2.15. The van der Waals surface area contributed by atoms with Gasteiger partial charge in [-0.05, 0) is 105 Å². The minimum absolute atomic E-state index is 0.268. The van der Waals surface area contributed by atoms with Gasteiger partial charge in [0.15, 0.2) is 5.75 Å². The molecule has 0 amide bonds. The SMILES string of the molecule is Cc1c(-c2ccccc2O)cccc1N(c1ccccc1)c1ccc2ccc3c(N(c4ccccc4)c4cccc5c4OCc4ccccc4-5)ccc4ccc1c2c43. The Morgan fingerprint density at radius 1 is 0.414 bits per heavy atom. The molecule has 11 rings (SSSR count). The number of hydrogen-bond donors (Lipinski definition) is 1. The maximum absolute atomic E-state index is 10.9. The molecule has 1 heterocycles. The lowest BCUT2D eigenvalue weighted by molar-refractivity contribution is 0.303. The Hall–Kier alpha value is -7.56. The Bertz CT molecular complexity index is 3160. The number of rotatable bonds is 7. The quantitative estimate of drug-likeness (QED) is 0.165. The molecule has 276 valence electrons. The van der Waals surface area contributed by atoms with E-state index in [0.717, 1.165) is 72.9 Å². The Labute approximate surface area is 337 Å². The van der Waals surface area contributed by atoms with E-state index in [9.17, 15) is 5.11 Å². The molecule has 0 radical (unpaired) electrons. The first-order valence-corrected chi connectivity index (χ1v) is 19.8. The predicted molar refractivity (Wildman–Crippen MR) is 241 cm³/mol. The van der Waals surface area contributed by atoms with E-state index in [1.54, 1.807) is 6.07 Å². The van der Waals surface area contributed by atoms with Gasteiger partial charge >= 0.3 is 0 Å². The van der Waals surface area contributed by atoms with Crippen molar-refractivity contribution < 1.29 is 9.84 Å². The van der Waals surface area contributed by atoms with Crippen molar-refractivity contribution in [2.24, 2.45) is 0 Å². The van der Waals surface area contributed by atoms with Crippen molar-refractivity contribution in [3.8, 4) is 33.8 Å². The molecule has 1 aliphatic rings. The summed E-state index contributed by atoms with van der Waals surface area (Å²) in [5.41, 5.74) is 12.7. The summed E-state index contributed by atoms with van der Waals surface area (Å²) in [6.07, 6.45) is 0. The second-order valence-electron chi connectivity index (χ2n) is 15.0. The Morgan fingerprint density at radius 3 is 1.55 bits per heavy atom. The molecule has 0 bridgehead atoms. The molecular formula is C54H38N2O2. The summed E-state index contributed by atoms with van der Waals surface area (Å²) in [5.74, 6) is 1.16. The molecule has 0 aromatic heterocycles. The number of anilines is 6. The molecule has 10 aromatic rings. The van der Waals surface area contributed by atoms with Gasteiger partial charge in [-0.3, -0.25) is 0 Å². The highest BCUT2D eigenvalue weighted by Gasteiger charge is 2.27. The molecule has 0 aliphatic carbocycles. The van der Waals surface area contributed by atoms with Gasteiger partial charge in [0.05, 0.1) is 17.1 Å². The van der Waals surface area contributed by atoms with Crippen LogP contribution in [-0.4, -0.2) is 5.11 Å². The number of ether oxygens (including phenoxy) is 1. The van der Waals surface area contributed by atoms with Crippen LogP contribution in [-0.2, 0) is 6.61 Å². The molecule has 0 spiro atoms. The van der Waals surface area contributed by atoms with Gasteiger partial charge in [0, 0.05) is 39.0 Å². The van der Waals surface area contributed by atoms with Crippen LogP contribution in [0.1, 0.15) is 11.1 Å². The zero-order chi connectivity index (χ0) is 38.7. The number of aromatic hydroxyl groups is 1. The molecule has 1 aliphatic heterocycles. The normalized spacial score (nSPS) is 12.0. The van der Waals surface area contributed by atoms with Gasteiger partial charge in [-0.25, -0.2) is 0 Å². The molecule has 1 N–H and O–H groups in total. The molecule has 0 fully saturated rings. The fourth-order valence-corrected chi connectivity index (χ4v) is 9.11. The number of phenolic OH excluding ortho intramolecular Hbond substituents is 1. The van der Waals surface area contributed by atoms with E-state index in [2.05, 4.69) is 187 Å². The molecule has 0 unspecified atom stereocenters. The smallest absolute Gasteiger partial charge is 0.151 e. The van der Waals surface area contributed by atoms with Crippen LogP contribution in [0.15, 0.2) is 194 Å². The van der Waals surface area contributed by atoms with Gasteiger partial charge < -0.3 is 19.6 Å². The van der Waals surface area contributed by atoms with Gasteiger partial charge in [0.25, 0.3) is 0 Å². The summed E-state index contributed by atoms with van der Waals surface area (Å²) >= 11 is 0. The highest BCUT2D eigenvalue weighted by Crippen LogP contribution is 2.52. The lowest BCUT2D eigenvalue weighted by atomic mass is 9.91. The van der Waals surface area contributed by atoms with Crippen LogP contribution in [0.3, 0.4) is 0 Å². The summed E-state index contributed by atoms with van der Waals surface area (Å²) in [5, 5.41) is 18.1. The van der Waals surface area contributed by atoms with E-state index in [1.165, 1.54) is 32.7 Å². The van der Waals surface area contributed by atoms with E-state index in [-0.39, 0.29) is 5.75 Å². The number of hydrogen-bond acceptors (Lipinski definition) is 4. The van der Waals surface area contributed by atoms with Crippen molar-refractivity contribution in [2.75, 3.05) is 9.80 Å². The third kappa shape index (κ3) is 5.30. The van der Waals surface area contributed by atoms with Gasteiger partial charge in [0.2, 0.25) is 0 Å². The van der Waals surface area contributed by atoms with E-state index >= 15 is 0 Å². The monoisotopic (exact) mass is 746 g/mol. The van der Waals surface area contributed by atoms with Crippen LogP contribution in [0.2, 0.25) is 0 Å². The highest BCUT2D eigenvalue weighted by molar-refractivity contribution is 6.28. The van der Waals surface area contributed by atoms with Crippen molar-refractivity contribution in [1.82, 2.24) is 0 Å². The van der Waals surface area contributed by atoms with Crippen molar-refractivity contribution in [2.45, 2.75) is 13.5 Å². The Kier molecular flexibility index (Phi) is 7.90. The summed E-state index contributed by atoms with van der Waals surface area (Å²) in [6.45, 7) is 2.68. The van der Waals surface area contributed by atoms with E-state index in [1.807, 2.05) is 18.2 Å². The van der Waals surface area contributed by atoms with Crippen LogP contribution < -0.4 is 14.5 Å². The highest BCUT2D eigenvalue weighted by atomic mass is 16.5. The number of benzene rings is 10. The van der Waals surface area contributed by atoms with Crippen LogP contribution in [0.5, 0.6) is 11.5 Å². The third-order valence-corrected chi connectivity index (χ3v) is 11.8. The molecule has 10 aromatic carbocycles. The van der Waals surface area contributed by atoms with Gasteiger partial charge in [-0.15, -0.1) is 0 Å². The first kappa shape index (κ1) is 33.8. The van der Waals surface area contributed by atoms with Crippen LogP contribution in [0, 0.1) is 6.92 Å². The average Bonchev–Trinajstić information content (AvgIpc) is 3.28. The zero-order valence-corrected chi connectivity index (χ0v) is 31.9. The predicted octanol–water partition coefficient (Wildman–Crippen LogP) is 14.8. The molecule has 4 heteroatoms. The molecular weight excluding hydrogens is 709 g/mol. The van der Waals surface area contributed by atoms with Crippen molar-refractivity contribution in [1.29, 1.82) is 0 Å². The molecule has 0 saturated carbocycles. The van der Waals surface area contributed by atoms with Crippen LogP contribution in [0.4, 0.5) is 34.1 Å². The average molecular weight is 747 g/mol. The number of phenols is 1. The van der Waals surface area contributed by atoms with Gasteiger partial charge in [-0.2, -0.15) is 0 Å². The number of para-hydroxylation sites is 4. The topological polar surface area (TPSA) is 35.9 Å². The summed E-state index contributed by atoms with van der Waals surface area (Å²) in [4.78, 5) is 4.73. The Balaban J connectivity index is 1.15. The molecule has 58 heavy (non-hydrogen) atoms. The van der Waals surface area contributed by atoms with E-state index in [0.29, 0.717) is 6.61 Å². The minimum Gasteiger partial charge on any atom is -0.507 e. The fourth-order valence-electron chi connectivity index (χ4n) is 9.11. The molecule has 0 atom stereocenters. The van der Waals surface area contributed by atoms with Crippen molar-refractivity contribution >= 4 is 66.4 Å². The van der Waals surface area contributed by atoms with Gasteiger partial charge in [0.1, 0.15) is 12.4 Å². The lowest BCUT2D eigenvalue weighted by Gasteiger charge is -2.32. The summed E-state index contributed by atoms with van der Waals surface area (Å²) in [7, 11) is 0. The number of nitrogens with zero attached hydrogens (tertiary/aromatic N) is 2. The molecule has 0 saturated heterocycles. The van der Waals surface area contributed by atoms with Gasteiger partial charge in [-0.1, -0.05) is 140 Å². The van der Waals surface area contributed by atoms with Crippen molar-refractivity contribution in [3.63, 3.8) is 0 Å². The second kappa shape index (κ2) is 13.6. The second-order valence-corrected chi connectivity index (χ2v) is 15.0. The standard InChI is InChI=1S/C54H38N2O2/c1-35-41(43-20-10-11-25-51(43)57)21-12-23-47(35)55(39-15-4-2-5-16-39)48-32-28-36-27-31-46-49(33-29-37-26-30-45(48)52(36)53(37)46)56(40-17-6-3-7-18-40)50-24-13-22-44-42-19-9-8-14-38(42)34-58-54(44)50/h2-33,57H,34H2,1H3.